The lowest BCUT2D eigenvalue weighted by atomic mass is 9.99. The number of piperidine rings is 1. The Morgan fingerprint density at radius 1 is 1.36 bits per heavy atom. The van der Waals surface area contributed by atoms with Crippen LogP contribution < -0.4 is 5.32 Å². The second-order valence-corrected chi connectivity index (χ2v) is 8.10. The van der Waals surface area contributed by atoms with E-state index in [9.17, 15) is 13.2 Å². The molecule has 0 unspecified atom stereocenters. The van der Waals surface area contributed by atoms with Crippen LogP contribution in [0.1, 0.15) is 18.4 Å². The number of carbonyl (C=O) groups excluding carboxylic acids is 1. The zero-order chi connectivity index (χ0) is 16.3. The Balaban J connectivity index is 2.12. The molecule has 1 fully saturated rings. The summed E-state index contributed by atoms with van der Waals surface area (Å²) >= 11 is 11.8. The lowest BCUT2D eigenvalue weighted by molar-refractivity contribution is -0.125. The van der Waals surface area contributed by atoms with E-state index in [1.54, 1.807) is 25.2 Å². The van der Waals surface area contributed by atoms with Crippen LogP contribution in [-0.4, -0.2) is 38.8 Å². The highest BCUT2D eigenvalue weighted by atomic mass is 35.5. The molecule has 0 aromatic heterocycles. The molecule has 1 atom stereocenters. The minimum absolute atomic E-state index is 0.116. The van der Waals surface area contributed by atoms with Gasteiger partial charge in [0, 0.05) is 20.1 Å². The van der Waals surface area contributed by atoms with Gasteiger partial charge >= 0.3 is 0 Å². The molecule has 0 bridgehead atoms. The van der Waals surface area contributed by atoms with Crippen LogP contribution in [0.25, 0.3) is 0 Å². The van der Waals surface area contributed by atoms with E-state index in [0.717, 1.165) is 0 Å². The van der Waals surface area contributed by atoms with Crippen molar-refractivity contribution < 1.29 is 13.2 Å². The fourth-order valence-electron chi connectivity index (χ4n) is 2.54. The minimum Gasteiger partial charge on any atom is -0.359 e. The number of benzene rings is 1. The molecular weight excluding hydrogens is 347 g/mol. The van der Waals surface area contributed by atoms with E-state index in [-0.39, 0.29) is 24.1 Å². The van der Waals surface area contributed by atoms with Crippen molar-refractivity contribution in [3.8, 4) is 0 Å². The predicted molar refractivity (Wildman–Crippen MR) is 87.4 cm³/mol. The molecule has 1 amide bonds. The van der Waals surface area contributed by atoms with Crippen LogP contribution in [0.3, 0.4) is 0 Å². The van der Waals surface area contributed by atoms with Gasteiger partial charge in [0.25, 0.3) is 0 Å². The first-order valence-corrected chi connectivity index (χ1v) is 9.33. The van der Waals surface area contributed by atoms with E-state index in [2.05, 4.69) is 5.32 Å². The van der Waals surface area contributed by atoms with Crippen molar-refractivity contribution in [3.05, 3.63) is 33.8 Å². The molecular formula is C14H18Cl2N2O3S. The Kier molecular flexibility index (Phi) is 5.71. The van der Waals surface area contributed by atoms with Crippen LogP contribution >= 0.6 is 23.2 Å². The van der Waals surface area contributed by atoms with Crippen molar-refractivity contribution in [1.82, 2.24) is 9.62 Å². The molecule has 0 spiro atoms. The Hall–Kier alpha value is -0.820. The van der Waals surface area contributed by atoms with Gasteiger partial charge in [0.15, 0.2) is 0 Å². The molecule has 1 saturated heterocycles. The number of hydrogen-bond donors (Lipinski definition) is 1. The average Bonchev–Trinajstić information content (AvgIpc) is 2.50. The highest BCUT2D eigenvalue weighted by Gasteiger charge is 2.32. The number of nitrogens with zero attached hydrogens (tertiary/aromatic N) is 1. The Morgan fingerprint density at radius 3 is 2.73 bits per heavy atom. The zero-order valence-corrected chi connectivity index (χ0v) is 14.5. The number of halogens is 2. The Bertz CT molecular complexity index is 664. The van der Waals surface area contributed by atoms with Gasteiger partial charge in [-0.15, -0.1) is 0 Å². The maximum absolute atomic E-state index is 12.5. The van der Waals surface area contributed by atoms with E-state index in [1.165, 1.54) is 4.31 Å². The molecule has 1 aliphatic heterocycles. The van der Waals surface area contributed by atoms with Crippen molar-refractivity contribution in [2.75, 3.05) is 20.1 Å². The Morgan fingerprint density at radius 2 is 2.09 bits per heavy atom. The zero-order valence-electron chi connectivity index (χ0n) is 12.2. The van der Waals surface area contributed by atoms with E-state index >= 15 is 0 Å². The largest absolute Gasteiger partial charge is 0.359 e. The molecule has 2 rings (SSSR count). The van der Waals surface area contributed by atoms with E-state index in [0.29, 0.717) is 35.0 Å². The number of hydrogen-bond acceptors (Lipinski definition) is 3. The molecule has 1 aliphatic rings. The second-order valence-electron chi connectivity index (χ2n) is 5.32. The molecule has 22 heavy (non-hydrogen) atoms. The summed E-state index contributed by atoms with van der Waals surface area (Å²) in [4.78, 5) is 11.7. The maximum atomic E-state index is 12.5. The maximum Gasteiger partial charge on any atom is 0.224 e. The standard InChI is InChI=1S/C14H18Cl2N2O3S/c1-17-14(19)11-3-2-6-18(8-11)22(20,21)9-10-4-5-12(15)13(16)7-10/h4-5,7,11H,2-3,6,8-9H2,1H3,(H,17,19)/t11-/m0/s1. The fourth-order valence-corrected chi connectivity index (χ4v) is 4.46. The SMILES string of the molecule is CNC(=O)[C@H]1CCCN(S(=O)(=O)Cc2ccc(Cl)c(Cl)c2)C1. The van der Waals surface area contributed by atoms with Crippen LogP contribution in [0.4, 0.5) is 0 Å². The van der Waals surface area contributed by atoms with Gasteiger partial charge in [0.1, 0.15) is 0 Å². The van der Waals surface area contributed by atoms with Crippen molar-refractivity contribution in [1.29, 1.82) is 0 Å². The average molecular weight is 365 g/mol. The van der Waals surface area contributed by atoms with E-state index in [4.69, 9.17) is 23.2 Å². The molecule has 0 radical (unpaired) electrons. The summed E-state index contributed by atoms with van der Waals surface area (Å²) in [6.45, 7) is 0.667. The summed E-state index contributed by atoms with van der Waals surface area (Å²) in [5, 5.41) is 3.30. The molecule has 1 heterocycles. The fraction of sp³-hybridized carbons (Fsp3) is 0.500. The van der Waals surface area contributed by atoms with Crippen LogP contribution in [-0.2, 0) is 20.6 Å². The predicted octanol–water partition coefficient (Wildman–Crippen LogP) is 2.28. The van der Waals surface area contributed by atoms with Crippen molar-refractivity contribution in [2.24, 2.45) is 5.92 Å². The van der Waals surface area contributed by atoms with Gasteiger partial charge in [-0.05, 0) is 30.5 Å². The van der Waals surface area contributed by atoms with Crippen LogP contribution in [0.2, 0.25) is 10.0 Å². The van der Waals surface area contributed by atoms with Crippen LogP contribution in [0.5, 0.6) is 0 Å². The number of amides is 1. The normalized spacial score (nSPS) is 19.9. The Labute approximate surface area is 140 Å². The highest BCUT2D eigenvalue weighted by Crippen LogP contribution is 2.25. The van der Waals surface area contributed by atoms with Crippen LogP contribution in [0, 0.1) is 5.92 Å². The van der Waals surface area contributed by atoms with Gasteiger partial charge in [-0.2, -0.15) is 0 Å². The van der Waals surface area contributed by atoms with E-state index < -0.39 is 10.0 Å². The lowest BCUT2D eigenvalue weighted by Crippen LogP contribution is -2.45. The van der Waals surface area contributed by atoms with Crippen molar-refractivity contribution >= 4 is 39.1 Å². The lowest BCUT2D eigenvalue weighted by Gasteiger charge is -2.31. The topological polar surface area (TPSA) is 66.5 Å². The molecule has 8 heteroatoms. The molecule has 0 saturated carbocycles. The van der Waals surface area contributed by atoms with Crippen molar-refractivity contribution in [2.45, 2.75) is 18.6 Å². The van der Waals surface area contributed by atoms with Gasteiger partial charge in [0.2, 0.25) is 15.9 Å². The second kappa shape index (κ2) is 7.17. The third-order valence-corrected chi connectivity index (χ3v) is 6.28. The third kappa shape index (κ3) is 4.13. The van der Waals surface area contributed by atoms with Gasteiger partial charge in [-0.25, -0.2) is 12.7 Å². The summed E-state index contributed by atoms with van der Waals surface area (Å²) in [5.41, 5.74) is 0.580. The summed E-state index contributed by atoms with van der Waals surface area (Å²) in [6, 6.07) is 4.78. The monoisotopic (exact) mass is 364 g/mol. The minimum atomic E-state index is -3.49. The van der Waals surface area contributed by atoms with Gasteiger partial charge < -0.3 is 5.32 Å². The van der Waals surface area contributed by atoms with Gasteiger partial charge in [-0.3, -0.25) is 4.79 Å². The van der Waals surface area contributed by atoms with E-state index in [1.807, 2.05) is 0 Å². The van der Waals surface area contributed by atoms with Crippen molar-refractivity contribution in [3.63, 3.8) is 0 Å². The quantitative estimate of drug-likeness (QED) is 0.890. The summed E-state index contributed by atoms with van der Waals surface area (Å²) in [5.74, 6) is -0.554. The molecule has 5 nitrogen and oxygen atoms in total. The first-order chi connectivity index (χ1) is 10.3. The molecule has 0 aliphatic carbocycles. The molecule has 1 aromatic carbocycles. The molecule has 1 N–H and O–H groups in total. The molecule has 1 aromatic rings. The smallest absolute Gasteiger partial charge is 0.224 e. The first-order valence-electron chi connectivity index (χ1n) is 6.97. The number of rotatable bonds is 4. The number of carbonyl (C=O) groups is 1. The first kappa shape index (κ1) is 17.5. The number of nitrogens with one attached hydrogen (secondary N) is 1. The highest BCUT2D eigenvalue weighted by molar-refractivity contribution is 7.88. The van der Waals surface area contributed by atoms with Gasteiger partial charge in [0.05, 0.1) is 21.7 Å². The van der Waals surface area contributed by atoms with Crippen LogP contribution in [0.15, 0.2) is 18.2 Å². The summed E-state index contributed by atoms with van der Waals surface area (Å²) in [6.07, 6.45) is 1.39. The number of sulfonamides is 1. The molecule has 122 valence electrons. The van der Waals surface area contributed by atoms with Gasteiger partial charge in [-0.1, -0.05) is 29.3 Å². The summed E-state index contributed by atoms with van der Waals surface area (Å²) < 4.78 is 26.4. The third-order valence-electron chi connectivity index (χ3n) is 3.73. The summed E-state index contributed by atoms with van der Waals surface area (Å²) in [7, 11) is -1.93.